The fourth-order valence-corrected chi connectivity index (χ4v) is 4.22. The molecule has 110 valence electrons. The highest BCUT2D eigenvalue weighted by Crippen LogP contribution is 2.35. The van der Waals surface area contributed by atoms with E-state index < -0.39 is 0 Å². The van der Waals surface area contributed by atoms with Gasteiger partial charge in [0.15, 0.2) is 5.82 Å². The number of nitrogens with two attached hydrogens (primary N) is 1. The van der Waals surface area contributed by atoms with Gasteiger partial charge in [0.1, 0.15) is 10.6 Å². The van der Waals surface area contributed by atoms with E-state index in [2.05, 4.69) is 26.4 Å². The summed E-state index contributed by atoms with van der Waals surface area (Å²) < 4.78 is 4.18. The van der Waals surface area contributed by atoms with Gasteiger partial charge in [0.25, 0.3) is 5.91 Å². The Bertz CT molecular complexity index is 517. The highest BCUT2D eigenvalue weighted by molar-refractivity contribution is 7.11. The predicted octanol–water partition coefficient (Wildman–Crippen LogP) is 0.758. The first kappa shape index (κ1) is 13.6. The van der Waals surface area contributed by atoms with Gasteiger partial charge < -0.3 is 16.0 Å². The number of nitrogens with zero attached hydrogens (tertiary/aromatic N) is 3. The van der Waals surface area contributed by atoms with Crippen LogP contribution in [0.15, 0.2) is 0 Å². The molecule has 2 aliphatic rings. The summed E-state index contributed by atoms with van der Waals surface area (Å²) in [6.07, 6.45) is 2.52. The molecule has 0 radical (unpaired) electrons. The van der Waals surface area contributed by atoms with Gasteiger partial charge in [-0.1, -0.05) is 0 Å². The molecular formula is C13H21N5OS. The number of nitrogen functional groups attached to an aromatic ring is 1. The number of anilines is 2. The van der Waals surface area contributed by atoms with Gasteiger partial charge in [-0.25, -0.2) is 0 Å². The highest BCUT2D eigenvalue weighted by atomic mass is 32.1. The number of carbonyl (C=O) groups excluding carboxylic acids is 1. The lowest BCUT2D eigenvalue weighted by Gasteiger charge is -2.43. The number of hydrogen-bond acceptors (Lipinski definition) is 6. The molecule has 1 aromatic rings. The Hall–Kier alpha value is -1.34. The molecule has 0 saturated carbocycles. The smallest absolute Gasteiger partial charge is 0.257 e. The molecule has 2 aliphatic heterocycles. The van der Waals surface area contributed by atoms with Crippen LogP contribution in [-0.2, 0) is 0 Å². The van der Waals surface area contributed by atoms with Crippen molar-refractivity contribution in [2.45, 2.75) is 31.8 Å². The average Bonchev–Trinajstić information content (AvgIpc) is 3.02. The number of hydrogen-bond donors (Lipinski definition) is 2. The van der Waals surface area contributed by atoms with Crippen molar-refractivity contribution in [3.63, 3.8) is 0 Å². The van der Waals surface area contributed by atoms with Gasteiger partial charge in [-0.3, -0.25) is 9.69 Å². The molecule has 7 heteroatoms. The minimum Gasteiger partial charge on any atom is -0.382 e. The molecule has 3 heterocycles. The van der Waals surface area contributed by atoms with Gasteiger partial charge in [0.05, 0.1) is 0 Å². The quantitative estimate of drug-likeness (QED) is 0.842. The number of amides is 1. The Morgan fingerprint density at radius 2 is 2.30 bits per heavy atom. The second kappa shape index (κ2) is 5.21. The van der Waals surface area contributed by atoms with Crippen LogP contribution in [0, 0.1) is 0 Å². The third kappa shape index (κ3) is 2.14. The maximum atomic E-state index is 12.0. The first-order valence-electron chi connectivity index (χ1n) is 7.09. The molecule has 0 spiro atoms. The van der Waals surface area contributed by atoms with E-state index in [0.29, 0.717) is 23.5 Å². The van der Waals surface area contributed by atoms with E-state index in [4.69, 9.17) is 5.73 Å². The molecule has 2 unspecified atom stereocenters. The van der Waals surface area contributed by atoms with Gasteiger partial charge in [-0.2, -0.15) is 4.37 Å². The monoisotopic (exact) mass is 295 g/mol. The van der Waals surface area contributed by atoms with Crippen LogP contribution in [0.1, 0.15) is 30.1 Å². The summed E-state index contributed by atoms with van der Waals surface area (Å²) in [4.78, 5) is 16.9. The molecule has 0 aliphatic carbocycles. The van der Waals surface area contributed by atoms with Crippen LogP contribution < -0.4 is 16.0 Å². The van der Waals surface area contributed by atoms with E-state index in [1.807, 2.05) is 0 Å². The first-order valence-corrected chi connectivity index (χ1v) is 7.87. The van der Waals surface area contributed by atoms with Crippen LogP contribution in [0.2, 0.25) is 0 Å². The summed E-state index contributed by atoms with van der Waals surface area (Å²) in [5, 5.41) is 3.58. The molecule has 1 amide bonds. The molecule has 0 aromatic carbocycles. The van der Waals surface area contributed by atoms with Crippen molar-refractivity contribution in [3.05, 3.63) is 5.56 Å². The maximum Gasteiger partial charge on any atom is 0.257 e. The fraction of sp³-hybridized carbons (Fsp3) is 0.692. The zero-order valence-corrected chi connectivity index (χ0v) is 12.7. The number of carbonyl (C=O) groups is 1. The molecule has 2 atom stereocenters. The van der Waals surface area contributed by atoms with Crippen LogP contribution in [0.4, 0.5) is 10.8 Å². The Morgan fingerprint density at radius 3 is 3.05 bits per heavy atom. The third-order valence-electron chi connectivity index (χ3n) is 4.35. The normalized spacial score (nSPS) is 26.6. The molecular weight excluding hydrogens is 274 g/mol. The minimum atomic E-state index is -0.146. The van der Waals surface area contributed by atoms with E-state index in [1.165, 1.54) is 30.9 Å². The van der Waals surface area contributed by atoms with Crippen molar-refractivity contribution in [1.29, 1.82) is 0 Å². The van der Waals surface area contributed by atoms with E-state index in [9.17, 15) is 4.79 Å². The summed E-state index contributed by atoms with van der Waals surface area (Å²) in [6, 6.07) is 0.986. The Morgan fingerprint density at radius 1 is 1.50 bits per heavy atom. The van der Waals surface area contributed by atoms with E-state index in [1.54, 1.807) is 7.05 Å². The molecule has 2 saturated heterocycles. The Balaban J connectivity index is 1.90. The predicted molar refractivity (Wildman–Crippen MR) is 81.3 cm³/mol. The molecule has 0 bridgehead atoms. The summed E-state index contributed by atoms with van der Waals surface area (Å²) in [7, 11) is 1.63. The van der Waals surface area contributed by atoms with Crippen molar-refractivity contribution < 1.29 is 4.79 Å². The summed E-state index contributed by atoms with van der Waals surface area (Å²) >= 11 is 1.34. The maximum absolute atomic E-state index is 12.0. The summed E-state index contributed by atoms with van der Waals surface area (Å²) in [5.41, 5.74) is 6.42. The number of nitrogens with one attached hydrogen (secondary N) is 1. The van der Waals surface area contributed by atoms with E-state index in [0.717, 1.165) is 18.1 Å². The topological polar surface area (TPSA) is 74.5 Å². The SMILES string of the molecule is CNC(=O)c1c(N)nsc1N1CC2CCCN2CC1C. The fourth-order valence-electron chi connectivity index (χ4n) is 3.30. The number of fused-ring (bicyclic) bond motifs is 1. The van der Waals surface area contributed by atoms with E-state index in [-0.39, 0.29) is 5.91 Å². The molecule has 3 rings (SSSR count). The minimum absolute atomic E-state index is 0.146. The van der Waals surface area contributed by atoms with Gasteiger partial charge in [0, 0.05) is 32.2 Å². The Labute approximate surface area is 123 Å². The van der Waals surface area contributed by atoms with Crippen LogP contribution >= 0.6 is 11.5 Å². The second-order valence-electron chi connectivity index (χ2n) is 5.62. The second-order valence-corrected chi connectivity index (χ2v) is 6.37. The largest absolute Gasteiger partial charge is 0.382 e. The van der Waals surface area contributed by atoms with Crippen molar-refractivity contribution in [2.75, 3.05) is 37.3 Å². The van der Waals surface area contributed by atoms with Crippen LogP contribution in [0.25, 0.3) is 0 Å². The summed E-state index contributed by atoms with van der Waals surface area (Å²) in [5.74, 6) is 0.192. The molecule has 1 aromatic heterocycles. The lowest BCUT2D eigenvalue weighted by molar-refractivity contribution is 0.0964. The number of aromatic nitrogens is 1. The Kier molecular flexibility index (Phi) is 3.55. The van der Waals surface area contributed by atoms with Crippen LogP contribution in [0.5, 0.6) is 0 Å². The average molecular weight is 295 g/mol. The van der Waals surface area contributed by atoms with Crippen LogP contribution in [0.3, 0.4) is 0 Å². The summed E-state index contributed by atoms with van der Waals surface area (Å²) in [6.45, 7) is 5.43. The van der Waals surface area contributed by atoms with Crippen molar-refractivity contribution >= 4 is 28.3 Å². The number of piperazine rings is 1. The van der Waals surface area contributed by atoms with Crippen molar-refractivity contribution in [2.24, 2.45) is 0 Å². The van der Waals surface area contributed by atoms with Gasteiger partial charge in [-0.05, 0) is 37.8 Å². The molecule has 3 N–H and O–H groups in total. The standard InChI is InChI=1S/C13H21N5OS/c1-8-6-17-5-3-4-9(17)7-18(8)13-10(12(19)15-2)11(14)16-20-13/h8-9H,3-7H2,1-2H3,(H2,14,16)(H,15,19). The van der Waals surface area contributed by atoms with Gasteiger partial charge >= 0.3 is 0 Å². The molecule has 2 fully saturated rings. The zero-order chi connectivity index (χ0) is 14.3. The van der Waals surface area contributed by atoms with E-state index >= 15 is 0 Å². The van der Waals surface area contributed by atoms with Crippen molar-refractivity contribution in [3.8, 4) is 0 Å². The third-order valence-corrected chi connectivity index (χ3v) is 5.25. The lowest BCUT2D eigenvalue weighted by Crippen LogP contribution is -2.55. The van der Waals surface area contributed by atoms with Crippen molar-refractivity contribution in [1.82, 2.24) is 14.6 Å². The lowest BCUT2D eigenvalue weighted by atomic mass is 10.1. The number of rotatable bonds is 2. The molecule has 20 heavy (non-hydrogen) atoms. The van der Waals surface area contributed by atoms with Crippen LogP contribution in [-0.4, -0.2) is 53.9 Å². The highest BCUT2D eigenvalue weighted by Gasteiger charge is 2.37. The molecule has 6 nitrogen and oxygen atoms in total. The van der Waals surface area contributed by atoms with Gasteiger partial charge in [0.2, 0.25) is 0 Å². The zero-order valence-electron chi connectivity index (χ0n) is 11.9. The van der Waals surface area contributed by atoms with Gasteiger partial charge in [-0.15, -0.1) is 0 Å². The first-order chi connectivity index (χ1) is 9.61.